The van der Waals surface area contributed by atoms with Crippen LogP contribution in [0.4, 0.5) is 0 Å². The molecule has 1 N–H and O–H groups in total. The molecule has 0 aliphatic rings. The van der Waals surface area contributed by atoms with E-state index in [0.29, 0.717) is 19.1 Å². The molecule has 23 heavy (non-hydrogen) atoms. The Morgan fingerprint density at radius 2 is 1.52 bits per heavy atom. The third-order valence-electron chi connectivity index (χ3n) is 4.46. The van der Waals surface area contributed by atoms with E-state index < -0.39 is 8.25 Å². The Labute approximate surface area is 145 Å². The summed E-state index contributed by atoms with van der Waals surface area (Å²) in [6.07, 6.45) is 9.70. The van der Waals surface area contributed by atoms with Gasteiger partial charge in [0, 0.05) is 6.54 Å². The average molecular weight is 349 g/mol. The van der Waals surface area contributed by atoms with Gasteiger partial charge < -0.3 is 14.4 Å². The second-order valence-electron chi connectivity index (χ2n) is 6.45. The molecule has 0 aromatic carbocycles. The minimum atomic E-state index is -2.33. The topological polar surface area (TPSA) is 47.6 Å². The molecule has 5 heteroatoms. The van der Waals surface area contributed by atoms with Crippen LogP contribution in [0, 0.1) is 11.8 Å². The van der Waals surface area contributed by atoms with Crippen molar-refractivity contribution in [1.29, 1.82) is 0 Å². The molecule has 0 fully saturated rings. The van der Waals surface area contributed by atoms with Crippen LogP contribution in [0.2, 0.25) is 0 Å². The Hall–Kier alpha value is 0.110. The quantitative estimate of drug-likeness (QED) is 0.281. The second kappa shape index (κ2) is 17.0. The fourth-order valence-electron chi connectivity index (χ4n) is 2.58. The molecular formula is C18H40NO3P. The number of hydrogen-bond donors (Lipinski definition) is 1. The van der Waals surface area contributed by atoms with Crippen molar-refractivity contribution in [2.75, 3.05) is 26.3 Å². The van der Waals surface area contributed by atoms with Crippen LogP contribution in [0.1, 0.15) is 79.1 Å². The highest BCUT2D eigenvalue weighted by Crippen LogP contribution is 2.26. The Morgan fingerprint density at radius 1 is 0.913 bits per heavy atom. The summed E-state index contributed by atoms with van der Waals surface area (Å²) in [4.78, 5) is 0. The fourth-order valence-corrected chi connectivity index (χ4v) is 3.31. The molecule has 0 aromatic rings. The zero-order valence-corrected chi connectivity index (χ0v) is 16.9. The van der Waals surface area contributed by atoms with Crippen LogP contribution >= 0.6 is 8.25 Å². The van der Waals surface area contributed by atoms with Crippen LogP contribution in [-0.4, -0.2) is 26.3 Å². The van der Waals surface area contributed by atoms with Gasteiger partial charge in [-0.05, 0) is 31.2 Å². The van der Waals surface area contributed by atoms with E-state index in [0.717, 1.165) is 31.8 Å². The van der Waals surface area contributed by atoms with Crippen molar-refractivity contribution >= 4 is 8.25 Å². The van der Waals surface area contributed by atoms with Gasteiger partial charge >= 0.3 is 8.25 Å². The molecule has 0 aliphatic carbocycles. The molecule has 0 bridgehead atoms. The van der Waals surface area contributed by atoms with E-state index in [-0.39, 0.29) is 0 Å². The lowest BCUT2D eigenvalue weighted by Crippen LogP contribution is -2.25. The van der Waals surface area contributed by atoms with Crippen LogP contribution < -0.4 is 5.32 Å². The largest absolute Gasteiger partial charge is 0.319 e. The molecule has 0 aliphatic heterocycles. The first-order valence-electron chi connectivity index (χ1n) is 9.67. The first-order chi connectivity index (χ1) is 11.2. The third kappa shape index (κ3) is 14.2. The van der Waals surface area contributed by atoms with E-state index in [4.69, 9.17) is 9.05 Å². The van der Waals surface area contributed by atoms with E-state index in [1.54, 1.807) is 0 Å². The standard InChI is InChI=1S/C18H40NO3P/c1-5-9-11-17(7-3)15-19-13-14-21-23(20)22-16-18(8-4)12-10-6-2/h17-19,23H,5-16H2,1-4H3. The van der Waals surface area contributed by atoms with Gasteiger partial charge in [0.2, 0.25) is 0 Å². The number of hydrogen-bond acceptors (Lipinski definition) is 4. The lowest BCUT2D eigenvalue weighted by Gasteiger charge is -2.16. The molecule has 0 spiro atoms. The fraction of sp³-hybridized carbons (Fsp3) is 1.00. The molecule has 3 atom stereocenters. The maximum absolute atomic E-state index is 11.7. The van der Waals surface area contributed by atoms with Gasteiger partial charge in [-0.25, -0.2) is 0 Å². The summed E-state index contributed by atoms with van der Waals surface area (Å²) >= 11 is 0. The predicted molar refractivity (Wildman–Crippen MR) is 100 cm³/mol. The van der Waals surface area contributed by atoms with Crippen molar-refractivity contribution in [3.05, 3.63) is 0 Å². The Balaban J connectivity index is 3.62. The molecule has 0 heterocycles. The Morgan fingerprint density at radius 3 is 2.09 bits per heavy atom. The van der Waals surface area contributed by atoms with Gasteiger partial charge in [0.15, 0.2) is 0 Å². The summed E-state index contributed by atoms with van der Waals surface area (Å²) in [6, 6.07) is 0. The van der Waals surface area contributed by atoms with Gasteiger partial charge in [0.05, 0.1) is 13.2 Å². The van der Waals surface area contributed by atoms with Crippen LogP contribution in [0.15, 0.2) is 0 Å². The van der Waals surface area contributed by atoms with Gasteiger partial charge in [0.1, 0.15) is 0 Å². The monoisotopic (exact) mass is 349 g/mol. The van der Waals surface area contributed by atoms with Crippen LogP contribution in [-0.2, 0) is 13.6 Å². The number of rotatable bonds is 17. The van der Waals surface area contributed by atoms with E-state index >= 15 is 0 Å². The van der Waals surface area contributed by atoms with E-state index in [9.17, 15) is 4.57 Å². The summed E-state index contributed by atoms with van der Waals surface area (Å²) in [6.45, 7) is 11.6. The third-order valence-corrected chi connectivity index (χ3v) is 5.30. The molecule has 0 saturated carbocycles. The molecule has 140 valence electrons. The highest BCUT2D eigenvalue weighted by atomic mass is 31.1. The second-order valence-corrected chi connectivity index (χ2v) is 7.52. The highest BCUT2D eigenvalue weighted by Gasteiger charge is 2.09. The molecule has 4 nitrogen and oxygen atoms in total. The number of nitrogens with one attached hydrogen (secondary N) is 1. The van der Waals surface area contributed by atoms with Crippen molar-refractivity contribution in [3.63, 3.8) is 0 Å². The first-order valence-corrected chi connectivity index (χ1v) is 10.9. The maximum atomic E-state index is 11.7. The van der Waals surface area contributed by atoms with Crippen LogP contribution in [0.25, 0.3) is 0 Å². The van der Waals surface area contributed by atoms with Gasteiger partial charge in [-0.2, -0.15) is 0 Å². The van der Waals surface area contributed by atoms with Crippen molar-refractivity contribution < 1.29 is 13.6 Å². The maximum Gasteiger partial charge on any atom is 0.319 e. The minimum Gasteiger partial charge on any atom is -0.314 e. The molecule has 0 rings (SSSR count). The molecular weight excluding hydrogens is 309 g/mol. The normalized spacial score (nSPS) is 15.5. The smallest absolute Gasteiger partial charge is 0.314 e. The lowest BCUT2D eigenvalue weighted by molar-refractivity contribution is 0.188. The molecule has 3 unspecified atom stereocenters. The van der Waals surface area contributed by atoms with Gasteiger partial charge in [-0.15, -0.1) is 0 Å². The van der Waals surface area contributed by atoms with Crippen molar-refractivity contribution in [2.45, 2.75) is 79.1 Å². The summed E-state index contributed by atoms with van der Waals surface area (Å²) in [5.74, 6) is 1.25. The Kier molecular flexibility index (Phi) is 17.0. The SMILES string of the molecule is CCCCC(CC)CNCCO[PH](=O)OCC(CC)CCCC. The first kappa shape index (κ1) is 23.1. The number of unbranched alkanes of at least 4 members (excludes halogenated alkanes) is 2. The van der Waals surface area contributed by atoms with E-state index in [1.165, 1.54) is 38.5 Å². The molecule has 0 amide bonds. The molecule has 0 aromatic heterocycles. The van der Waals surface area contributed by atoms with Crippen molar-refractivity contribution in [1.82, 2.24) is 5.32 Å². The summed E-state index contributed by atoms with van der Waals surface area (Å²) in [7, 11) is -2.33. The lowest BCUT2D eigenvalue weighted by atomic mass is 9.99. The van der Waals surface area contributed by atoms with Crippen molar-refractivity contribution in [3.8, 4) is 0 Å². The van der Waals surface area contributed by atoms with Crippen molar-refractivity contribution in [2.24, 2.45) is 11.8 Å². The predicted octanol–water partition coefficient (Wildman–Crippen LogP) is 5.43. The van der Waals surface area contributed by atoms with Gasteiger partial charge in [0.25, 0.3) is 0 Å². The van der Waals surface area contributed by atoms with Gasteiger partial charge in [-0.1, -0.05) is 66.2 Å². The summed E-state index contributed by atoms with van der Waals surface area (Å²) in [5, 5.41) is 3.40. The zero-order valence-electron chi connectivity index (χ0n) is 15.9. The summed E-state index contributed by atoms with van der Waals surface area (Å²) < 4.78 is 22.4. The zero-order chi connectivity index (χ0) is 17.3. The Bertz CT molecular complexity index is 277. The minimum absolute atomic E-state index is 0.466. The average Bonchev–Trinajstić information content (AvgIpc) is 2.57. The van der Waals surface area contributed by atoms with Gasteiger partial charge in [-0.3, -0.25) is 4.57 Å². The van der Waals surface area contributed by atoms with E-state index in [2.05, 4.69) is 33.0 Å². The summed E-state index contributed by atoms with van der Waals surface area (Å²) in [5.41, 5.74) is 0. The molecule has 0 saturated heterocycles. The van der Waals surface area contributed by atoms with Crippen LogP contribution in [0.3, 0.4) is 0 Å². The van der Waals surface area contributed by atoms with E-state index in [1.807, 2.05) is 0 Å². The highest BCUT2D eigenvalue weighted by molar-refractivity contribution is 7.33. The molecule has 0 radical (unpaired) electrons. The van der Waals surface area contributed by atoms with Crippen LogP contribution in [0.5, 0.6) is 0 Å².